The van der Waals surface area contributed by atoms with Crippen LogP contribution in [-0.4, -0.2) is 42.1 Å². The van der Waals surface area contributed by atoms with Crippen LogP contribution in [0.4, 0.5) is 0 Å². The Morgan fingerprint density at radius 1 is 0.806 bits per heavy atom. The molecule has 2 N–H and O–H groups in total. The van der Waals surface area contributed by atoms with E-state index in [9.17, 15) is 19.8 Å². The number of carboxylic acids is 2. The number of hydrogen-bond donors (Lipinski definition) is 2. The van der Waals surface area contributed by atoms with Crippen LogP contribution >= 0.6 is 0 Å². The molecule has 0 aliphatic carbocycles. The van der Waals surface area contributed by atoms with Crippen LogP contribution in [0.3, 0.4) is 0 Å². The molecule has 0 aliphatic rings. The maximum atomic E-state index is 11.7. The van der Waals surface area contributed by atoms with Crippen LogP contribution in [0.25, 0.3) is 34.9 Å². The van der Waals surface area contributed by atoms with Crippen molar-refractivity contribution in [3.63, 3.8) is 0 Å². The van der Waals surface area contributed by atoms with E-state index in [0.717, 1.165) is 5.56 Å². The lowest BCUT2D eigenvalue weighted by Gasteiger charge is -2.08. The third kappa shape index (κ3) is 4.51. The molecule has 152 valence electrons. The molecule has 9 nitrogen and oxygen atoms in total. The van der Waals surface area contributed by atoms with E-state index in [0.29, 0.717) is 17.1 Å². The minimum Gasteiger partial charge on any atom is -0.478 e. The van der Waals surface area contributed by atoms with Crippen LogP contribution in [0.1, 0.15) is 32.0 Å². The minimum atomic E-state index is -1.15. The first-order valence-electron chi connectivity index (χ1n) is 8.98. The summed E-state index contributed by atoms with van der Waals surface area (Å²) >= 11 is 0. The predicted octanol–water partition coefficient (Wildman–Crippen LogP) is 3.76. The number of hydrogen-bond acceptors (Lipinski definition) is 7. The van der Waals surface area contributed by atoms with Gasteiger partial charge in [-0.3, -0.25) is 9.97 Å². The van der Waals surface area contributed by atoms with Crippen LogP contribution in [0.5, 0.6) is 0 Å². The lowest BCUT2D eigenvalue weighted by atomic mass is 10.1. The molecule has 0 aliphatic heterocycles. The lowest BCUT2D eigenvalue weighted by Crippen LogP contribution is -2.02. The van der Waals surface area contributed by atoms with Crippen LogP contribution in [0.2, 0.25) is 0 Å². The smallest absolute Gasteiger partial charge is 0.335 e. The van der Waals surface area contributed by atoms with Gasteiger partial charge in [0, 0.05) is 12.4 Å². The van der Waals surface area contributed by atoms with Crippen molar-refractivity contribution in [2.45, 2.75) is 0 Å². The minimum absolute atomic E-state index is 0.0201. The van der Waals surface area contributed by atoms with E-state index in [1.54, 1.807) is 36.7 Å². The molecule has 4 heterocycles. The first kappa shape index (κ1) is 19.6. The quantitative estimate of drug-likeness (QED) is 0.482. The van der Waals surface area contributed by atoms with E-state index in [2.05, 4.69) is 19.9 Å². The summed E-state index contributed by atoms with van der Waals surface area (Å²) in [5, 5.41) is 18.7. The van der Waals surface area contributed by atoms with Crippen molar-refractivity contribution in [2.75, 3.05) is 0 Å². The fourth-order valence-electron chi connectivity index (χ4n) is 2.80. The molecule has 31 heavy (non-hydrogen) atoms. The van der Waals surface area contributed by atoms with Gasteiger partial charge in [-0.15, -0.1) is 0 Å². The van der Waals surface area contributed by atoms with E-state index >= 15 is 0 Å². The number of aromatic nitrogens is 4. The average Bonchev–Trinajstić information content (AvgIpc) is 3.31. The highest BCUT2D eigenvalue weighted by molar-refractivity contribution is 5.91. The summed E-state index contributed by atoms with van der Waals surface area (Å²) in [5.41, 5.74) is 2.01. The second-order valence-corrected chi connectivity index (χ2v) is 6.38. The fraction of sp³-hybridized carbons (Fsp3) is 0. The lowest BCUT2D eigenvalue weighted by molar-refractivity contribution is 0.0686. The molecule has 0 atom stereocenters. The molecule has 4 aromatic heterocycles. The van der Waals surface area contributed by atoms with Gasteiger partial charge in [0.1, 0.15) is 5.76 Å². The summed E-state index contributed by atoms with van der Waals surface area (Å²) < 4.78 is 5.16. The van der Waals surface area contributed by atoms with E-state index < -0.39 is 11.9 Å². The van der Waals surface area contributed by atoms with Crippen LogP contribution in [0.15, 0.2) is 65.8 Å². The summed E-state index contributed by atoms with van der Waals surface area (Å²) in [5.74, 6) is -1.69. The molecule has 4 rings (SSSR count). The molecule has 0 saturated carbocycles. The Balaban J connectivity index is 1.77. The number of pyridine rings is 3. The molecule has 0 aromatic carbocycles. The van der Waals surface area contributed by atoms with Gasteiger partial charge in [0.15, 0.2) is 6.39 Å². The van der Waals surface area contributed by atoms with Gasteiger partial charge in [-0.2, -0.15) is 0 Å². The Kier molecular flexibility index (Phi) is 5.31. The summed E-state index contributed by atoms with van der Waals surface area (Å²) in [6, 6.07) is 8.94. The molecular weight excluding hydrogens is 400 g/mol. The molecule has 0 unspecified atom stereocenters. The van der Waals surface area contributed by atoms with Crippen molar-refractivity contribution in [2.24, 2.45) is 0 Å². The first-order valence-corrected chi connectivity index (χ1v) is 8.98. The molecule has 0 bridgehead atoms. The summed E-state index contributed by atoms with van der Waals surface area (Å²) in [6.45, 7) is 0. The molecule has 0 saturated heterocycles. The zero-order chi connectivity index (χ0) is 21.8. The van der Waals surface area contributed by atoms with Crippen molar-refractivity contribution in [1.82, 2.24) is 19.9 Å². The number of nitrogens with zero attached hydrogens (tertiary/aromatic N) is 4. The second-order valence-electron chi connectivity index (χ2n) is 6.38. The van der Waals surface area contributed by atoms with Gasteiger partial charge in [0.05, 0.1) is 40.1 Å². The van der Waals surface area contributed by atoms with E-state index in [4.69, 9.17) is 4.42 Å². The Labute approximate surface area is 175 Å². The van der Waals surface area contributed by atoms with Gasteiger partial charge in [0.25, 0.3) is 0 Å². The number of rotatable bonds is 6. The van der Waals surface area contributed by atoms with Crippen molar-refractivity contribution in [3.8, 4) is 22.8 Å². The number of carboxylic acid groups (broad SMARTS) is 2. The normalized spacial score (nSPS) is 11.0. The van der Waals surface area contributed by atoms with Gasteiger partial charge in [0.2, 0.25) is 0 Å². The van der Waals surface area contributed by atoms with Crippen LogP contribution < -0.4 is 0 Å². The van der Waals surface area contributed by atoms with Gasteiger partial charge in [-0.1, -0.05) is 6.08 Å². The van der Waals surface area contributed by atoms with Crippen molar-refractivity contribution in [1.29, 1.82) is 0 Å². The van der Waals surface area contributed by atoms with E-state index in [1.165, 1.54) is 36.9 Å². The van der Waals surface area contributed by atoms with Crippen LogP contribution in [-0.2, 0) is 0 Å². The van der Waals surface area contributed by atoms with E-state index in [1.807, 2.05) is 0 Å². The maximum absolute atomic E-state index is 11.7. The first-order chi connectivity index (χ1) is 15.0. The molecular formula is C22H14N4O5. The Morgan fingerprint density at radius 3 is 2.10 bits per heavy atom. The Morgan fingerprint density at radius 2 is 1.45 bits per heavy atom. The molecule has 4 aromatic rings. The maximum Gasteiger partial charge on any atom is 0.335 e. The third-order valence-electron chi connectivity index (χ3n) is 4.28. The SMILES string of the molecule is O=C(O)c1ccnc(-c2cc(C(=O)O)cc(-c3cc(/C=C/c4cnco4)ccn3)n2)c1. The van der Waals surface area contributed by atoms with Gasteiger partial charge < -0.3 is 14.6 Å². The third-order valence-corrected chi connectivity index (χ3v) is 4.28. The molecule has 0 amide bonds. The highest BCUT2D eigenvalue weighted by Gasteiger charge is 2.14. The van der Waals surface area contributed by atoms with Crippen LogP contribution in [0, 0.1) is 0 Å². The second kappa shape index (κ2) is 8.37. The monoisotopic (exact) mass is 414 g/mol. The summed E-state index contributed by atoms with van der Waals surface area (Å²) in [4.78, 5) is 39.7. The number of oxazole rings is 1. The molecule has 0 fully saturated rings. The summed E-state index contributed by atoms with van der Waals surface area (Å²) in [6.07, 6.45) is 9.34. The average molecular weight is 414 g/mol. The highest BCUT2D eigenvalue weighted by atomic mass is 16.4. The standard InChI is InChI=1S/C22H14N4O5/c27-21(28)14-4-6-25-18(8-14)20-10-15(22(29)30)9-19(26-20)17-7-13(3-5-24-17)1-2-16-11-23-12-31-16/h1-12H,(H,27,28)(H,29,30)/b2-1+. The van der Waals surface area contributed by atoms with Crippen molar-refractivity contribution < 1.29 is 24.2 Å². The zero-order valence-corrected chi connectivity index (χ0v) is 15.8. The Hall–Kier alpha value is -4.66. The van der Waals surface area contributed by atoms with Gasteiger partial charge in [-0.25, -0.2) is 19.6 Å². The van der Waals surface area contributed by atoms with E-state index in [-0.39, 0.29) is 22.5 Å². The van der Waals surface area contributed by atoms with Gasteiger partial charge >= 0.3 is 11.9 Å². The molecule has 0 spiro atoms. The fourth-order valence-corrected chi connectivity index (χ4v) is 2.80. The Bertz CT molecular complexity index is 1300. The highest BCUT2D eigenvalue weighted by Crippen LogP contribution is 2.24. The topological polar surface area (TPSA) is 139 Å². The van der Waals surface area contributed by atoms with Gasteiger partial charge in [-0.05, 0) is 48.0 Å². The predicted molar refractivity (Wildman–Crippen MR) is 110 cm³/mol. The largest absolute Gasteiger partial charge is 0.478 e. The van der Waals surface area contributed by atoms with Crippen molar-refractivity contribution in [3.05, 3.63) is 83.8 Å². The summed E-state index contributed by atoms with van der Waals surface area (Å²) in [7, 11) is 0. The number of aromatic carboxylic acids is 2. The molecule has 9 heteroatoms. The molecule has 0 radical (unpaired) electrons. The van der Waals surface area contributed by atoms with Crippen molar-refractivity contribution >= 4 is 24.1 Å². The number of carbonyl (C=O) groups is 2. The zero-order valence-electron chi connectivity index (χ0n) is 15.8.